The second-order valence-corrected chi connectivity index (χ2v) is 8.68. The molecule has 0 saturated heterocycles. The van der Waals surface area contributed by atoms with E-state index in [-0.39, 0.29) is 5.54 Å². The summed E-state index contributed by atoms with van der Waals surface area (Å²) >= 11 is 0. The summed E-state index contributed by atoms with van der Waals surface area (Å²) in [6.07, 6.45) is 0. The fourth-order valence-electron chi connectivity index (χ4n) is 2.70. The van der Waals surface area contributed by atoms with Crippen LogP contribution in [0.4, 0.5) is 0 Å². The predicted octanol–water partition coefficient (Wildman–Crippen LogP) is 4.30. The van der Waals surface area contributed by atoms with E-state index in [1.54, 1.807) is 16.7 Å². The van der Waals surface area contributed by atoms with Crippen LogP contribution < -0.4 is 4.98 Å². The van der Waals surface area contributed by atoms with E-state index in [1.165, 1.54) is 11.6 Å². The lowest BCUT2D eigenvalue weighted by atomic mass is 10.00. The van der Waals surface area contributed by atoms with Gasteiger partial charge in [-0.05, 0) is 64.7 Å². The van der Waals surface area contributed by atoms with Crippen LogP contribution in [0.15, 0.2) is 22.3 Å². The summed E-state index contributed by atoms with van der Waals surface area (Å²) in [7, 11) is -0.476. The molecular weight excluding hydrogens is 222 g/mol. The van der Waals surface area contributed by atoms with Gasteiger partial charge in [0.2, 0.25) is 0 Å². The molecule has 0 aromatic carbocycles. The minimum absolute atomic E-state index is 0.247. The first-order chi connectivity index (χ1) is 7.63. The summed E-state index contributed by atoms with van der Waals surface area (Å²) in [6.45, 7) is 18.4. The van der Waals surface area contributed by atoms with E-state index < -0.39 is 8.96 Å². The van der Waals surface area contributed by atoms with Crippen LogP contribution in [0.3, 0.4) is 0 Å². The molecule has 0 bridgehead atoms. The van der Waals surface area contributed by atoms with Gasteiger partial charge in [0, 0.05) is 5.54 Å². The van der Waals surface area contributed by atoms with Crippen LogP contribution in [0.5, 0.6) is 0 Å². The average Bonchev–Trinajstić information content (AvgIpc) is 2.33. The maximum Gasteiger partial charge on any atom is 0.135 e. The highest BCUT2D eigenvalue weighted by molar-refractivity contribution is 6.55. The van der Waals surface area contributed by atoms with Gasteiger partial charge in [0.15, 0.2) is 0 Å². The van der Waals surface area contributed by atoms with Crippen molar-refractivity contribution in [3.05, 3.63) is 22.3 Å². The monoisotopic (exact) mass is 250 g/mol. The highest BCUT2D eigenvalue weighted by Gasteiger charge is 2.26. The molecule has 0 aromatic rings. The van der Waals surface area contributed by atoms with Gasteiger partial charge in [-0.3, -0.25) is 0 Å². The Labute approximate surface area is 109 Å². The van der Waals surface area contributed by atoms with Crippen molar-refractivity contribution < 1.29 is 0 Å². The van der Waals surface area contributed by atoms with E-state index in [4.69, 9.17) is 0 Å². The van der Waals surface area contributed by atoms with Crippen LogP contribution in [-0.4, -0.2) is 14.5 Å². The van der Waals surface area contributed by atoms with E-state index in [0.29, 0.717) is 5.92 Å². The van der Waals surface area contributed by atoms with E-state index in [0.717, 1.165) is 0 Å². The zero-order chi connectivity index (χ0) is 13.4. The standard InChI is InChI=1S/C15H28NSi/c1-10-11(2)13(4)14(12(10)3)9-17(8)16-15(5,6)7/h12,16H,9H2,1-8H3. The molecule has 1 rings (SSSR count). The van der Waals surface area contributed by atoms with Gasteiger partial charge in [-0.2, -0.15) is 0 Å². The zero-order valence-corrected chi connectivity index (χ0v) is 13.8. The van der Waals surface area contributed by atoms with Crippen molar-refractivity contribution in [2.24, 2.45) is 5.92 Å². The molecule has 1 N–H and O–H groups in total. The van der Waals surface area contributed by atoms with Crippen LogP contribution in [0.1, 0.15) is 48.5 Å². The van der Waals surface area contributed by atoms with Crippen LogP contribution in [0.2, 0.25) is 12.6 Å². The quantitative estimate of drug-likeness (QED) is 0.737. The first-order valence-corrected chi connectivity index (χ1v) is 8.82. The Morgan fingerprint density at radius 2 is 1.65 bits per heavy atom. The third-order valence-electron chi connectivity index (χ3n) is 3.85. The summed E-state index contributed by atoms with van der Waals surface area (Å²) < 4.78 is 0. The number of hydrogen-bond donors (Lipinski definition) is 1. The van der Waals surface area contributed by atoms with E-state index >= 15 is 0 Å². The Morgan fingerprint density at radius 1 is 1.12 bits per heavy atom. The van der Waals surface area contributed by atoms with Crippen LogP contribution in [0, 0.1) is 5.92 Å². The Balaban J connectivity index is 2.72. The van der Waals surface area contributed by atoms with Crippen molar-refractivity contribution in [1.82, 2.24) is 4.98 Å². The van der Waals surface area contributed by atoms with E-state index in [1.807, 2.05) is 0 Å². The molecule has 1 aliphatic carbocycles. The Bertz CT molecular complexity index is 358. The Hall–Kier alpha value is -0.343. The van der Waals surface area contributed by atoms with Gasteiger partial charge in [0.25, 0.3) is 0 Å². The van der Waals surface area contributed by atoms with Crippen molar-refractivity contribution in [3.63, 3.8) is 0 Å². The lowest BCUT2D eigenvalue weighted by Crippen LogP contribution is -2.45. The molecule has 0 aromatic heterocycles. The van der Waals surface area contributed by atoms with Crippen molar-refractivity contribution in [3.8, 4) is 0 Å². The number of nitrogens with one attached hydrogen (secondary N) is 1. The lowest BCUT2D eigenvalue weighted by molar-refractivity contribution is 0.517. The highest BCUT2D eigenvalue weighted by Crippen LogP contribution is 2.38. The molecule has 1 atom stereocenters. The molecule has 0 heterocycles. The summed E-state index contributed by atoms with van der Waals surface area (Å²) in [5.74, 6) is 0.664. The predicted molar refractivity (Wildman–Crippen MR) is 79.6 cm³/mol. The second kappa shape index (κ2) is 5.11. The van der Waals surface area contributed by atoms with Crippen LogP contribution >= 0.6 is 0 Å². The average molecular weight is 250 g/mol. The molecule has 0 fully saturated rings. The minimum atomic E-state index is -0.476. The summed E-state index contributed by atoms with van der Waals surface area (Å²) in [5, 5.41) is 0. The maximum absolute atomic E-state index is 3.77. The van der Waals surface area contributed by atoms with Crippen LogP contribution in [-0.2, 0) is 0 Å². The lowest BCUT2D eigenvalue weighted by Gasteiger charge is -2.26. The largest absolute Gasteiger partial charge is 0.333 e. The van der Waals surface area contributed by atoms with Gasteiger partial charge in [0.05, 0.1) is 0 Å². The Kier molecular flexibility index (Phi) is 4.42. The molecule has 0 saturated carbocycles. The summed E-state index contributed by atoms with van der Waals surface area (Å²) in [5.41, 5.74) is 6.57. The molecule has 1 radical (unpaired) electrons. The number of rotatable bonds is 3. The molecule has 1 nitrogen and oxygen atoms in total. The van der Waals surface area contributed by atoms with Gasteiger partial charge in [0.1, 0.15) is 8.96 Å². The van der Waals surface area contributed by atoms with Crippen molar-refractivity contribution in [1.29, 1.82) is 0 Å². The van der Waals surface area contributed by atoms with E-state index in [2.05, 4.69) is 60.0 Å². The molecule has 1 unspecified atom stereocenters. The minimum Gasteiger partial charge on any atom is -0.333 e. The van der Waals surface area contributed by atoms with Crippen LogP contribution in [0.25, 0.3) is 0 Å². The topological polar surface area (TPSA) is 12.0 Å². The third-order valence-corrected chi connectivity index (χ3v) is 5.94. The molecular formula is C15H28NSi. The first-order valence-electron chi connectivity index (χ1n) is 6.61. The molecule has 17 heavy (non-hydrogen) atoms. The normalized spacial score (nSPS) is 22.1. The summed E-state index contributed by atoms with van der Waals surface area (Å²) in [6, 6.07) is 1.27. The molecule has 0 amide bonds. The smallest absolute Gasteiger partial charge is 0.135 e. The van der Waals surface area contributed by atoms with Gasteiger partial charge < -0.3 is 4.98 Å². The SMILES string of the molecule is CC1=C(C)C(C)C(C[Si](C)NC(C)(C)C)=C1C. The second-order valence-electron chi connectivity index (χ2n) is 6.51. The fourth-order valence-corrected chi connectivity index (χ4v) is 5.21. The zero-order valence-electron chi connectivity index (χ0n) is 12.8. The molecule has 2 heteroatoms. The highest BCUT2D eigenvalue weighted by atomic mass is 28.3. The number of allylic oxidation sites excluding steroid dienone is 4. The Morgan fingerprint density at radius 3 is 2.00 bits per heavy atom. The summed E-state index contributed by atoms with van der Waals surface area (Å²) in [4.78, 5) is 3.77. The van der Waals surface area contributed by atoms with Crippen molar-refractivity contribution in [2.75, 3.05) is 0 Å². The number of hydrogen-bond acceptors (Lipinski definition) is 1. The first kappa shape index (κ1) is 14.7. The molecule has 0 spiro atoms. The maximum atomic E-state index is 3.77. The van der Waals surface area contributed by atoms with Gasteiger partial charge in [-0.25, -0.2) is 0 Å². The van der Waals surface area contributed by atoms with Crippen molar-refractivity contribution >= 4 is 8.96 Å². The van der Waals surface area contributed by atoms with Gasteiger partial charge in [-0.1, -0.05) is 24.6 Å². The third kappa shape index (κ3) is 3.56. The van der Waals surface area contributed by atoms with Gasteiger partial charge in [-0.15, -0.1) is 0 Å². The fraction of sp³-hybridized carbons (Fsp3) is 0.733. The molecule has 0 aliphatic heterocycles. The molecule has 97 valence electrons. The van der Waals surface area contributed by atoms with E-state index in [9.17, 15) is 0 Å². The van der Waals surface area contributed by atoms with Gasteiger partial charge >= 0.3 is 0 Å². The van der Waals surface area contributed by atoms with Crippen molar-refractivity contribution in [2.45, 2.75) is 66.6 Å². The molecule has 1 aliphatic rings.